The summed E-state index contributed by atoms with van der Waals surface area (Å²) in [6.07, 6.45) is 1.91. The van der Waals surface area contributed by atoms with E-state index in [2.05, 4.69) is 200 Å². The van der Waals surface area contributed by atoms with E-state index in [1.165, 1.54) is 37.3 Å². The third-order valence-electron chi connectivity index (χ3n) is 12.4. The van der Waals surface area contributed by atoms with Crippen molar-refractivity contribution in [3.05, 3.63) is 199 Å². The van der Waals surface area contributed by atoms with Gasteiger partial charge >= 0.3 is 0 Å². The molecule has 0 aliphatic carbocycles. The molecule has 5 nitrogen and oxygen atoms in total. The van der Waals surface area contributed by atoms with E-state index < -0.39 is 8.07 Å². The van der Waals surface area contributed by atoms with Crippen LogP contribution in [0, 0.1) is 0 Å². The Morgan fingerprint density at radius 1 is 0.569 bits per heavy atom. The van der Waals surface area contributed by atoms with Crippen LogP contribution < -0.4 is 25.5 Å². The first kappa shape index (κ1) is 34.2. The number of hydrogen-bond acceptors (Lipinski definition) is 3. The smallest absolute Gasteiger partial charge is 0.179 e. The van der Waals surface area contributed by atoms with Gasteiger partial charge in [-0.25, -0.2) is 9.97 Å². The molecular weight excluding hydrogens is 725 g/mol. The first-order valence-electron chi connectivity index (χ1n) is 19.9. The zero-order valence-electron chi connectivity index (χ0n) is 32.6. The Bertz CT molecular complexity index is 3160. The van der Waals surface area contributed by atoms with E-state index in [1.807, 2.05) is 18.3 Å². The molecule has 11 rings (SSSR count). The monoisotopic (exact) mass is 764 g/mol. The van der Waals surface area contributed by atoms with Gasteiger partial charge in [0.05, 0.1) is 16.6 Å². The zero-order valence-corrected chi connectivity index (χ0v) is 33.6. The van der Waals surface area contributed by atoms with Gasteiger partial charge in [0.1, 0.15) is 23.0 Å². The van der Waals surface area contributed by atoms with Gasteiger partial charge in [0.25, 0.3) is 0 Å². The molecule has 0 saturated heterocycles. The van der Waals surface area contributed by atoms with Gasteiger partial charge in [0.2, 0.25) is 0 Å². The summed E-state index contributed by atoms with van der Waals surface area (Å²) in [7, 11) is -0.863. The van der Waals surface area contributed by atoms with E-state index in [4.69, 9.17) is 14.7 Å². The number of imidazole rings is 1. The molecule has 0 bridgehead atoms. The maximum Gasteiger partial charge on any atom is 0.179 e. The van der Waals surface area contributed by atoms with Crippen LogP contribution in [0.25, 0.3) is 50.0 Å². The maximum absolute atomic E-state index is 6.63. The molecule has 1 aliphatic heterocycles. The second kappa shape index (κ2) is 13.0. The fourth-order valence-electron chi connectivity index (χ4n) is 9.76. The highest BCUT2D eigenvalue weighted by atomic mass is 28.3. The van der Waals surface area contributed by atoms with Crippen molar-refractivity contribution in [2.24, 2.45) is 7.05 Å². The lowest BCUT2D eigenvalue weighted by Crippen LogP contribution is -2.74. The molecule has 0 N–H and O–H groups in total. The molecule has 0 amide bonds. The first-order chi connectivity index (χ1) is 28.4. The van der Waals surface area contributed by atoms with Gasteiger partial charge in [-0.3, -0.25) is 4.57 Å². The molecule has 3 aromatic heterocycles. The quantitative estimate of drug-likeness (QED) is 0.125. The molecule has 0 atom stereocenters. The summed E-state index contributed by atoms with van der Waals surface area (Å²) in [5.41, 5.74) is 8.38. The summed E-state index contributed by atoms with van der Waals surface area (Å²) < 4.78 is 11.2. The van der Waals surface area contributed by atoms with E-state index in [-0.39, 0.29) is 5.41 Å². The van der Waals surface area contributed by atoms with Crippen LogP contribution in [0.2, 0.25) is 0 Å². The van der Waals surface area contributed by atoms with Gasteiger partial charge in [0, 0.05) is 51.8 Å². The molecule has 6 heteroatoms. The average Bonchev–Trinajstić information content (AvgIpc) is 3.79. The molecule has 10 aromatic rings. The van der Waals surface area contributed by atoms with Gasteiger partial charge in [-0.2, -0.15) is 0 Å². The Morgan fingerprint density at radius 2 is 1.24 bits per heavy atom. The van der Waals surface area contributed by atoms with E-state index in [9.17, 15) is 0 Å². The lowest BCUT2D eigenvalue weighted by atomic mass is 9.74. The van der Waals surface area contributed by atoms with Crippen molar-refractivity contribution in [3.63, 3.8) is 0 Å². The predicted molar refractivity (Wildman–Crippen MR) is 241 cm³/mol. The summed E-state index contributed by atoms with van der Waals surface area (Å²) in [5.74, 6) is 2.76. The zero-order chi connectivity index (χ0) is 39.0. The van der Waals surface area contributed by atoms with Crippen LogP contribution in [0.3, 0.4) is 0 Å². The third kappa shape index (κ3) is 4.95. The Morgan fingerprint density at radius 3 is 2.02 bits per heavy atom. The van der Waals surface area contributed by atoms with Crippen LogP contribution in [-0.4, -0.2) is 27.2 Å². The lowest BCUT2D eigenvalue weighted by Gasteiger charge is -2.35. The maximum atomic E-state index is 6.63. The van der Waals surface area contributed by atoms with E-state index in [1.54, 1.807) is 0 Å². The third-order valence-corrected chi connectivity index (χ3v) is 17.1. The van der Waals surface area contributed by atoms with Crippen molar-refractivity contribution in [1.82, 2.24) is 19.1 Å². The number of ether oxygens (including phenoxy) is 1. The summed E-state index contributed by atoms with van der Waals surface area (Å²) in [5, 5.41) is 7.49. The van der Waals surface area contributed by atoms with E-state index >= 15 is 0 Å². The second-order valence-corrected chi connectivity index (χ2v) is 19.7. The predicted octanol–water partition coefficient (Wildman–Crippen LogP) is 9.54. The average molecular weight is 765 g/mol. The first-order valence-corrected chi connectivity index (χ1v) is 21.9. The minimum atomic E-state index is -2.98. The number of rotatable bonds is 6. The highest BCUT2D eigenvalue weighted by molar-refractivity contribution is 7.20. The van der Waals surface area contributed by atoms with Crippen molar-refractivity contribution >= 4 is 61.8 Å². The topological polar surface area (TPSA) is 44.9 Å². The van der Waals surface area contributed by atoms with Crippen LogP contribution in [0.4, 0.5) is 0 Å². The minimum absolute atomic E-state index is 0.298. The number of hydrogen-bond donors (Lipinski definition) is 0. The summed E-state index contributed by atoms with van der Waals surface area (Å²) in [6, 6.07) is 66.0. The van der Waals surface area contributed by atoms with Crippen molar-refractivity contribution in [2.75, 3.05) is 0 Å². The Labute approximate surface area is 338 Å². The van der Waals surface area contributed by atoms with Crippen molar-refractivity contribution in [1.29, 1.82) is 0 Å². The van der Waals surface area contributed by atoms with E-state index in [0.717, 1.165) is 56.2 Å². The van der Waals surface area contributed by atoms with Crippen LogP contribution in [0.15, 0.2) is 188 Å². The normalized spacial score (nSPS) is 13.4. The Balaban J connectivity index is 1.18. The standard InChI is InChI=1S/C52H40N4OSi/c1-52(2)42-26-10-13-29-46(42)57-47-31-30-45-48(49(47)52)41-25-16-32-53-51(41)56(45)36-18-15-24-40(34-36)58(37-19-6-4-7-20-37,38-21-8-5-9-22-38)39-23-14-17-35(33-39)50-54-43-27-11-12-28-44(43)55(50)3/h4-34H,1-3H3. The largest absolute Gasteiger partial charge is 0.457 e. The number of benzene rings is 7. The van der Waals surface area contributed by atoms with Crippen LogP contribution >= 0.6 is 0 Å². The molecule has 4 heterocycles. The molecule has 278 valence electrons. The van der Waals surface area contributed by atoms with Gasteiger partial charge in [-0.1, -0.05) is 141 Å². The molecule has 58 heavy (non-hydrogen) atoms. The highest BCUT2D eigenvalue weighted by Gasteiger charge is 2.42. The summed E-state index contributed by atoms with van der Waals surface area (Å²) in [6.45, 7) is 4.63. The number of aryl methyl sites for hydroxylation is 1. The number of para-hydroxylation sites is 3. The highest BCUT2D eigenvalue weighted by Crippen LogP contribution is 2.52. The molecule has 1 aliphatic rings. The van der Waals surface area contributed by atoms with Gasteiger partial charge in [-0.05, 0) is 75.3 Å². The summed E-state index contributed by atoms with van der Waals surface area (Å²) in [4.78, 5) is 10.2. The van der Waals surface area contributed by atoms with Gasteiger partial charge < -0.3 is 9.30 Å². The van der Waals surface area contributed by atoms with Crippen molar-refractivity contribution < 1.29 is 4.74 Å². The Hall–Kier alpha value is -7.02. The number of fused-ring (bicyclic) bond motifs is 7. The van der Waals surface area contributed by atoms with Crippen molar-refractivity contribution in [2.45, 2.75) is 19.3 Å². The van der Waals surface area contributed by atoms with Crippen molar-refractivity contribution in [3.8, 4) is 28.6 Å². The Kier molecular flexibility index (Phi) is 7.68. The summed E-state index contributed by atoms with van der Waals surface area (Å²) >= 11 is 0. The molecular formula is C52H40N4OSi. The van der Waals surface area contributed by atoms with Crippen LogP contribution in [-0.2, 0) is 12.5 Å². The van der Waals surface area contributed by atoms with Crippen LogP contribution in [0.1, 0.15) is 25.0 Å². The second-order valence-electron chi connectivity index (χ2n) is 15.9. The fraction of sp³-hybridized carbons (Fsp3) is 0.0769. The molecule has 0 saturated carbocycles. The lowest BCUT2D eigenvalue weighted by molar-refractivity contribution is 0.420. The fourth-order valence-corrected chi connectivity index (χ4v) is 14.6. The molecule has 0 fully saturated rings. The molecule has 0 radical (unpaired) electrons. The van der Waals surface area contributed by atoms with Crippen LogP contribution in [0.5, 0.6) is 11.5 Å². The number of aromatic nitrogens is 4. The SMILES string of the molecule is Cn1c(-c2cccc([Si](c3ccccc3)(c3ccccc3)c3cccc(-n4c5ccc6c(c5c5cccnc54)C(C)(C)c4ccccc4O6)c3)c2)nc2ccccc21. The molecule has 7 aromatic carbocycles. The molecule has 0 unspecified atom stereocenters. The van der Waals surface area contributed by atoms with E-state index in [0.29, 0.717) is 0 Å². The van der Waals surface area contributed by atoms with Gasteiger partial charge in [0.15, 0.2) is 8.07 Å². The van der Waals surface area contributed by atoms with Gasteiger partial charge in [-0.15, -0.1) is 0 Å². The number of nitrogens with zero attached hydrogens (tertiary/aromatic N) is 4. The molecule has 0 spiro atoms. The minimum Gasteiger partial charge on any atom is -0.457 e. The number of pyridine rings is 1.